The van der Waals surface area contributed by atoms with Crippen LogP contribution in [0.1, 0.15) is 57.9 Å². The van der Waals surface area contributed by atoms with Gasteiger partial charge in [0, 0.05) is 26.2 Å². The van der Waals surface area contributed by atoms with Crippen molar-refractivity contribution in [2.45, 2.75) is 76.2 Å². The Labute approximate surface area is 201 Å². The second kappa shape index (κ2) is 10.0. The van der Waals surface area contributed by atoms with Gasteiger partial charge in [-0.05, 0) is 44.1 Å². The zero-order valence-electron chi connectivity index (χ0n) is 20.2. The molecule has 186 valence electrons. The number of fused-ring (bicyclic) bond motifs is 1. The van der Waals surface area contributed by atoms with Crippen LogP contribution in [0.5, 0.6) is 0 Å². The molecule has 0 radical (unpaired) electrons. The molecule has 1 aromatic rings. The van der Waals surface area contributed by atoms with Crippen molar-refractivity contribution in [3.8, 4) is 0 Å². The number of aliphatic hydroxyl groups excluding tert-OH is 1. The lowest BCUT2D eigenvalue weighted by molar-refractivity contribution is -0.147. The summed E-state index contributed by atoms with van der Waals surface area (Å²) in [5, 5.41) is 15.3. The average molecular weight is 472 g/mol. The standard InChI is InChI=1S/C26H37N3O5/c1-3-14-27-22(31)19-20-24(33)29(15-8-9-16-30)21(26(20)13-12-25(19,4-2)34-26)23(32)28-17-18-10-6-5-7-11-18/h5-7,10-11,19-21,30H,3-4,8-9,12-17H2,1-2H3,(H,27,31)(H,28,32)/t19-,20+,21?,25+,26?/m1/s1. The summed E-state index contributed by atoms with van der Waals surface area (Å²) in [4.78, 5) is 42.4. The number of unbranched alkanes of at least 4 members (excludes halogenated alkanes) is 1. The Morgan fingerprint density at radius 2 is 1.88 bits per heavy atom. The van der Waals surface area contributed by atoms with E-state index in [0.717, 1.165) is 12.0 Å². The van der Waals surface area contributed by atoms with Crippen molar-refractivity contribution >= 4 is 17.7 Å². The number of aliphatic hydroxyl groups is 1. The van der Waals surface area contributed by atoms with Gasteiger partial charge in [0.1, 0.15) is 11.6 Å². The van der Waals surface area contributed by atoms with Crippen LogP contribution < -0.4 is 10.6 Å². The lowest BCUT2D eigenvalue weighted by atomic mass is 9.65. The molecule has 3 fully saturated rings. The second-order valence-corrected chi connectivity index (χ2v) is 9.79. The highest BCUT2D eigenvalue weighted by molar-refractivity contribution is 5.99. The molecule has 8 heteroatoms. The molecule has 1 aromatic carbocycles. The van der Waals surface area contributed by atoms with Crippen LogP contribution in [0.3, 0.4) is 0 Å². The van der Waals surface area contributed by atoms with E-state index in [9.17, 15) is 19.5 Å². The fraction of sp³-hybridized carbons (Fsp3) is 0.654. The molecular formula is C26H37N3O5. The topological polar surface area (TPSA) is 108 Å². The molecule has 3 saturated heterocycles. The molecule has 34 heavy (non-hydrogen) atoms. The molecule has 0 aliphatic carbocycles. The Hall–Kier alpha value is -2.45. The van der Waals surface area contributed by atoms with Gasteiger partial charge in [0.15, 0.2) is 0 Å². The predicted molar refractivity (Wildman–Crippen MR) is 126 cm³/mol. The van der Waals surface area contributed by atoms with Gasteiger partial charge in [-0.2, -0.15) is 0 Å². The van der Waals surface area contributed by atoms with Crippen LogP contribution in [0.25, 0.3) is 0 Å². The summed E-state index contributed by atoms with van der Waals surface area (Å²) >= 11 is 0. The van der Waals surface area contributed by atoms with Gasteiger partial charge >= 0.3 is 0 Å². The van der Waals surface area contributed by atoms with E-state index in [1.54, 1.807) is 4.90 Å². The minimum atomic E-state index is -0.999. The van der Waals surface area contributed by atoms with E-state index in [1.807, 2.05) is 44.2 Å². The molecule has 3 aliphatic heterocycles. The zero-order valence-corrected chi connectivity index (χ0v) is 20.2. The van der Waals surface area contributed by atoms with Gasteiger partial charge < -0.3 is 25.4 Å². The Balaban J connectivity index is 1.65. The first-order chi connectivity index (χ1) is 16.4. The van der Waals surface area contributed by atoms with Crippen molar-refractivity contribution in [3.63, 3.8) is 0 Å². The predicted octanol–water partition coefficient (Wildman–Crippen LogP) is 1.76. The van der Waals surface area contributed by atoms with Gasteiger partial charge in [0.05, 0.1) is 17.4 Å². The van der Waals surface area contributed by atoms with E-state index in [0.29, 0.717) is 51.7 Å². The summed E-state index contributed by atoms with van der Waals surface area (Å²) in [5.41, 5.74) is -0.742. The zero-order chi connectivity index (χ0) is 24.3. The molecule has 8 nitrogen and oxygen atoms in total. The maximum absolute atomic E-state index is 13.8. The number of rotatable bonds is 11. The number of nitrogens with one attached hydrogen (secondary N) is 2. The summed E-state index contributed by atoms with van der Waals surface area (Å²) in [7, 11) is 0. The molecule has 2 unspecified atom stereocenters. The first-order valence-electron chi connectivity index (χ1n) is 12.6. The van der Waals surface area contributed by atoms with Crippen LogP contribution in [-0.2, 0) is 25.7 Å². The minimum absolute atomic E-state index is 0.0268. The largest absolute Gasteiger partial charge is 0.396 e. The normalized spacial score (nSPS) is 31.6. The molecular weight excluding hydrogens is 434 g/mol. The number of ether oxygens (including phenoxy) is 1. The molecule has 0 saturated carbocycles. The number of hydrogen-bond donors (Lipinski definition) is 3. The van der Waals surface area contributed by atoms with Gasteiger partial charge in [0.2, 0.25) is 17.7 Å². The lowest BCUT2D eigenvalue weighted by Crippen LogP contribution is -2.55. The molecule has 3 N–H and O–H groups in total. The molecule has 5 atom stereocenters. The first kappa shape index (κ1) is 24.7. The molecule has 3 aliphatic rings. The Bertz CT molecular complexity index is 909. The Kier molecular flexibility index (Phi) is 7.28. The minimum Gasteiger partial charge on any atom is -0.396 e. The molecule has 1 spiro atoms. The van der Waals surface area contributed by atoms with Crippen LogP contribution >= 0.6 is 0 Å². The SMILES string of the molecule is CCCNC(=O)[C@H]1[C@H]2C(=O)N(CCCCO)C(C(=O)NCc3ccccc3)C23CC[C@]1(CC)O3. The Morgan fingerprint density at radius 1 is 1.12 bits per heavy atom. The van der Waals surface area contributed by atoms with E-state index in [-0.39, 0.29) is 24.3 Å². The van der Waals surface area contributed by atoms with Crippen LogP contribution in [0.15, 0.2) is 30.3 Å². The first-order valence-corrected chi connectivity index (χ1v) is 12.6. The van der Waals surface area contributed by atoms with Crippen LogP contribution in [0, 0.1) is 11.8 Å². The van der Waals surface area contributed by atoms with Crippen LogP contribution in [-0.4, -0.2) is 64.7 Å². The number of carbonyl (C=O) groups is 3. The van der Waals surface area contributed by atoms with E-state index in [4.69, 9.17) is 4.74 Å². The second-order valence-electron chi connectivity index (χ2n) is 9.79. The summed E-state index contributed by atoms with van der Waals surface area (Å²) in [6, 6.07) is 8.86. The smallest absolute Gasteiger partial charge is 0.246 e. The summed E-state index contributed by atoms with van der Waals surface area (Å²) in [6.45, 7) is 5.27. The van der Waals surface area contributed by atoms with Gasteiger partial charge in [-0.15, -0.1) is 0 Å². The molecule has 2 bridgehead atoms. The van der Waals surface area contributed by atoms with Crippen LogP contribution in [0.4, 0.5) is 0 Å². The number of hydrogen-bond acceptors (Lipinski definition) is 5. The quantitative estimate of drug-likeness (QED) is 0.426. The molecule has 0 aromatic heterocycles. The monoisotopic (exact) mass is 471 g/mol. The third-order valence-electron chi connectivity index (χ3n) is 7.88. The van der Waals surface area contributed by atoms with Gasteiger partial charge in [-0.3, -0.25) is 14.4 Å². The average Bonchev–Trinajstić information content (AvgIpc) is 3.46. The van der Waals surface area contributed by atoms with E-state index in [1.165, 1.54) is 0 Å². The van der Waals surface area contributed by atoms with Gasteiger partial charge in [-0.25, -0.2) is 0 Å². The highest BCUT2D eigenvalue weighted by Gasteiger charge is 2.78. The lowest BCUT2D eigenvalue weighted by Gasteiger charge is -2.34. The van der Waals surface area contributed by atoms with Crippen molar-refractivity contribution in [2.75, 3.05) is 19.7 Å². The fourth-order valence-electron chi connectivity index (χ4n) is 6.29. The maximum Gasteiger partial charge on any atom is 0.246 e. The fourth-order valence-corrected chi connectivity index (χ4v) is 6.29. The van der Waals surface area contributed by atoms with E-state index >= 15 is 0 Å². The van der Waals surface area contributed by atoms with Crippen molar-refractivity contribution in [3.05, 3.63) is 35.9 Å². The van der Waals surface area contributed by atoms with E-state index < -0.39 is 29.1 Å². The third-order valence-corrected chi connectivity index (χ3v) is 7.88. The van der Waals surface area contributed by atoms with Crippen molar-refractivity contribution in [1.82, 2.24) is 15.5 Å². The Morgan fingerprint density at radius 3 is 2.56 bits per heavy atom. The molecule has 3 amide bonds. The van der Waals surface area contributed by atoms with Crippen molar-refractivity contribution in [1.29, 1.82) is 0 Å². The van der Waals surface area contributed by atoms with Crippen molar-refractivity contribution in [2.24, 2.45) is 11.8 Å². The highest BCUT2D eigenvalue weighted by atomic mass is 16.5. The van der Waals surface area contributed by atoms with Gasteiger partial charge in [-0.1, -0.05) is 44.2 Å². The molecule has 4 rings (SSSR count). The maximum atomic E-state index is 13.8. The number of benzene rings is 1. The number of carbonyl (C=O) groups excluding carboxylic acids is 3. The molecule has 3 heterocycles. The van der Waals surface area contributed by atoms with Crippen molar-refractivity contribution < 1.29 is 24.2 Å². The van der Waals surface area contributed by atoms with Gasteiger partial charge in [0.25, 0.3) is 0 Å². The number of amides is 3. The number of nitrogens with zero attached hydrogens (tertiary/aromatic N) is 1. The van der Waals surface area contributed by atoms with E-state index in [2.05, 4.69) is 10.6 Å². The summed E-state index contributed by atoms with van der Waals surface area (Å²) in [6.07, 6.45) is 3.78. The van der Waals surface area contributed by atoms with Crippen LogP contribution in [0.2, 0.25) is 0 Å². The summed E-state index contributed by atoms with van der Waals surface area (Å²) < 4.78 is 6.69. The third kappa shape index (κ3) is 4.01. The summed E-state index contributed by atoms with van der Waals surface area (Å²) in [5.74, 6) is -1.84. The number of likely N-dealkylation sites (tertiary alicyclic amines) is 1. The highest BCUT2D eigenvalue weighted by Crippen LogP contribution is 2.64.